The number of Topliss-reactive ketones (excluding diaryl/α,β-unsaturated/α-hetero) is 1. The monoisotopic (exact) mass is 546 g/mol. The molecule has 3 rings (SSSR count). The average Bonchev–Trinajstić information content (AvgIpc) is 2.75. The highest BCUT2D eigenvalue weighted by Gasteiger charge is 2.34. The van der Waals surface area contributed by atoms with E-state index in [4.69, 9.17) is 16.3 Å². The van der Waals surface area contributed by atoms with E-state index in [0.29, 0.717) is 24.1 Å². The van der Waals surface area contributed by atoms with Crippen LogP contribution in [0.25, 0.3) is 11.1 Å². The molecule has 0 aromatic heterocycles. The van der Waals surface area contributed by atoms with Gasteiger partial charge in [0.2, 0.25) is 0 Å². The van der Waals surface area contributed by atoms with Gasteiger partial charge < -0.3 is 4.74 Å². The Morgan fingerprint density at radius 1 is 0.865 bits per heavy atom. The van der Waals surface area contributed by atoms with Crippen LogP contribution in [0, 0.1) is 11.7 Å². The predicted octanol–water partition coefficient (Wildman–Crippen LogP) is 9.69. The third-order valence-electron chi connectivity index (χ3n) is 5.57. The number of ether oxygens (including phenoxy) is 1. The molecule has 0 heterocycles. The molecule has 0 saturated carbocycles. The van der Waals surface area contributed by atoms with Crippen LogP contribution in [0.1, 0.15) is 49.8 Å². The predicted molar refractivity (Wildman–Crippen MR) is 126 cm³/mol. The number of hydrogen-bond donors (Lipinski definition) is 0. The number of ketones is 1. The quantitative estimate of drug-likeness (QED) is 0.276. The van der Waals surface area contributed by atoms with Crippen molar-refractivity contribution in [2.45, 2.75) is 45.5 Å². The van der Waals surface area contributed by atoms with Crippen molar-refractivity contribution >= 4 is 17.4 Å². The van der Waals surface area contributed by atoms with Crippen molar-refractivity contribution in [1.29, 1.82) is 0 Å². The van der Waals surface area contributed by atoms with Crippen molar-refractivity contribution in [3.05, 3.63) is 82.1 Å². The molecule has 10 heteroatoms. The molecule has 0 aliphatic heterocycles. The summed E-state index contributed by atoms with van der Waals surface area (Å²) in [6, 6.07) is 9.17. The number of halogens is 8. The van der Waals surface area contributed by atoms with Crippen molar-refractivity contribution in [3.63, 3.8) is 0 Å². The number of carbonyl (C=O) groups excluding carboxylic acids is 1. The largest absolute Gasteiger partial charge is 0.457 e. The summed E-state index contributed by atoms with van der Waals surface area (Å²) in [5, 5.41) is -0.510. The Hall–Kier alpha value is -3.07. The molecule has 0 N–H and O–H groups in total. The molecule has 198 valence electrons. The summed E-state index contributed by atoms with van der Waals surface area (Å²) >= 11 is 5.74. The van der Waals surface area contributed by atoms with Crippen LogP contribution in [0.5, 0.6) is 11.5 Å². The highest BCUT2D eigenvalue weighted by atomic mass is 35.5. The lowest BCUT2D eigenvalue weighted by Crippen LogP contribution is -2.12. The van der Waals surface area contributed by atoms with Gasteiger partial charge in [-0.3, -0.25) is 4.79 Å². The van der Waals surface area contributed by atoms with Gasteiger partial charge in [0.1, 0.15) is 23.1 Å². The summed E-state index contributed by atoms with van der Waals surface area (Å²) in [6.07, 6.45) is -9.16. The van der Waals surface area contributed by atoms with Gasteiger partial charge in [0, 0.05) is 12.0 Å². The van der Waals surface area contributed by atoms with Crippen molar-refractivity contribution in [3.8, 4) is 22.6 Å². The summed E-state index contributed by atoms with van der Waals surface area (Å²) in [4.78, 5) is 12.4. The molecule has 0 radical (unpaired) electrons. The first-order valence-corrected chi connectivity index (χ1v) is 11.5. The van der Waals surface area contributed by atoms with Gasteiger partial charge in [-0.05, 0) is 72.4 Å². The van der Waals surface area contributed by atoms with Gasteiger partial charge in [-0.15, -0.1) is 0 Å². The Morgan fingerprint density at radius 3 is 2.08 bits per heavy atom. The molecule has 0 amide bonds. The van der Waals surface area contributed by atoms with Crippen LogP contribution in [-0.2, 0) is 17.1 Å². The van der Waals surface area contributed by atoms with E-state index in [9.17, 15) is 35.5 Å². The smallest absolute Gasteiger partial charge is 0.417 e. The van der Waals surface area contributed by atoms with Crippen LogP contribution in [0.2, 0.25) is 5.02 Å². The van der Waals surface area contributed by atoms with Gasteiger partial charge in [0.25, 0.3) is 0 Å². The molecule has 2 nitrogen and oxygen atoms in total. The second-order valence-electron chi connectivity index (χ2n) is 9.05. The van der Waals surface area contributed by atoms with Crippen LogP contribution in [0.15, 0.2) is 54.6 Å². The summed E-state index contributed by atoms with van der Waals surface area (Å²) in [7, 11) is 0. The number of hydrogen-bond acceptors (Lipinski definition) is 2. The van der Waals surface area contributed by atoms with Gasteiger partial charge in [0.15, 0.2) is 0 Å². The maximum absolute atomic E-state index is 13.9. The minimum Gasteiger partial charge on any atom is -0.457 e. The first-order chi connectivity index (χ1) is 17.0. The molecule has 1 unspecified atom stereocenters. The normalized spacial score (nSPS) is 13.1. The van der Waals surface area contributed by atoms with E-state index in [1.54, 1.807) is 0 Å². The Morgan fingerprint density at radius 2 is 1.51 bits per heavy atom. The molecule has 3 aromatic rings. The van der Waals surface area contributed by atoms with E-state index >= 15 is 0 Å². The second-order valence-corrected chi connectivity index (χ2v) is 9.46. The molecule has 0 fully saturated rings. The Kier molecular flexibility index (Phi) is 8.27. The SMILES string of the molecule is CC(=O)C(CC(C)C)c1cc(Oc2cc(F)cc(C(F)(F)F)c2)cc(-c2ccc(Cl)c(C(F)(F)F)c2)c1. The van der Waals surface area contributed by atoms with E-state index < -0.39 is 46.0 Å². The Labute approximate surface area is 214 Å². The van der Waals surface area contributed by atoms with Crippen LogP contribution in [0.4, 0.5) is 30.7 Å². The first-order valence-electron chi connectivity index (χ1n) is 11.1. The maximum atomic E-state index is 13.9. The van der Waals surface area contributed by atoms with E-state index in [0.717, 1.165) is 18.2 Å². The van der Waals surface area contributed by atoms with Gasteiger partial charge in [-0.2, -0.15) is 26.3 Å². The van der Waals surface area contributed by atoms with E-state index in [1.165, 1.54) is 31.2 Å². The van der Waals surface area contributed by atoms with E-state index in [-0.39, 0.29) is 28.6 Å². The third-order valence-corrected chi connectivity index (χ3v) is 5.90. The topological polar surface area (TPSA) is 26.3 Å². The van der Waals surface area contributed by atoms with Crippen molar-refractivity contribution in [2.24, 2.45) is 5.92 Å². The Balaban J connectivity index is 2.19. The fourth-order valence-corrected chi connectivity index (χ4v) is 4.13. The molecule has 0 saturated heterocycles. The zero-order chi connectivity index (χ0) is 27.7. The van der Waals surface area contributed by atoms with Crippen molar-refractivity contribution < 1.29 is 40.3 Å². The van der Waals surface area contributed by atoms with Crippen LogP contribution < -0.4 is 4.74 Å². The number of carbonyl (C=O) groups is 1. The van der Waals surface area contributed by atoms with Gasteiger partial charge in [0.05, 0.1) is 16.1 Å². The summed E-state index contributed by atoms with van der Waals surface area (Å²) in [6.45, 7) is 5.14. The van der Waals surface area contributed by atoms with Crippen LogP contribution >= 0.6 is 11.6 Å². The minimum absolute atomic E-state index is 0.0758. The summed E-state index contributed by atoms with van der Waals surface area (Å²) < 4.78 is 99.3. The highest BCUT2D eigenvalue weighted by Crippen LogP contribution is 2.40. The van der Waals surface area contributed by atoms with Gasteiger partial charge in [-0.25, -0.2) is 4.39 Å². The third kappa shape index (κ3) is 7.25. The van der Waals surface area contributed by atoms with Crippen LogP contribution in [-0.4, -0.2) is 5.78 Å². The average molecular weight is 547 g/mol. The molecule has 0 spiro atoms. The second kappa shape index (κ2) is 10.7. The van der Waals surface area contributed by atoms with Crippen molar-refractivity contribution in [2.75, 3.05) is 0 Å². The fraction of sp³-hybridized carbons (Fsp3) is 0.296. The first kappa shape index (κ1) is 28.5. The number of alkyl halides is 6. The number of rotatable bonds is 7. The zero-order valence-corrected chi connectivity index (χ0v) is 20.7. The molecular formula is C27H22ClF7O2. The standard InChI is InChI=1S/C27H22ClF7O2/c1-14(2)6-23(15(3)36)18-7-17(16-4-5-25(28)24(10-16)27(33,34)35)8-21(9-18)37-22-12-19(26(30,31)32)11-20(29)13-22/h4-5,7-14,23H,6H2,1-3H3. The summed E-state index contributed by atoms with van der Waals surface area (Å²) in [5.74, 6) is -2.53. The molecular weight excluding hydrogens is 525 g/mol. The zero-order valence-electron chi connectivity index (χ0n) is 19.9. The lowest BCUT2D eigenvalue weighted by molar-refractivity contribution is -0.138. The minimum atomic E-state index is -4.83. The molecule has 0 aliphatic carbocycles. The van der Waals surface area contributed by atoms with Gasteiger partial charge in [-0.1, -0.05) is 37.6 Å². The Bertz CT molecular complexity index is 1300. The molecule has 37 heavy (non-hydrogen) atoms. The lowest BCUT2D eigenvalue weighted by Gasteiger charge is -2.20. The molecule has 1 atom stereocenters. The molecule has 3 aromatic carbocycles. The highest BCUT2D eigenvalue weighted by molar-refractivity contribution is 6.31. The van der Waals surface area contributed by atoms with Crippen molar-refractivity contribution in [1.82, 2.24) is 0 Å². The summed E-state index contributed by atoms with van der Waals surface area (Å²) in [5.41, 5.74) is -1.66. The van der Waals surface area contributed by atoms with Crippen LogP contribution in [0.3, 0.4) is 0 Å². The molecule has 0 aliphatic rings. The van der Waals surface area contributed by atoms with Gasteiger partial charge >= 0.3 is 12.4 Å². The maximum Gasteiger partial charge on any atom is 0.417 e. The molecule has 0 bridgehead atoms. The lowest BCUT2D eigenvalue weighted by atomic mass is 9.86. The van der Waals surface area contributed by atoms with E-state index in [1.807, 2.05) is 13.8 Å². The van der Waals surface area contributed by atoms with E-state index in [2.05, 4.69) is 0 Å². The number of benzene rings is 3. The fourth-order valence-electron chi connectivity index (χ4n) is 3.90.